The lowest BCUT2D eigenvalue weighted by atomic mass is 10.2. The Balaban J connectivity index is 7.91. The third-order valence-electron chi connectivity index (χ3n) is 10.9. The maximum atomic E-state index is 14.7. The summed E-state index contributed by atoms with van der Waals surface area (Å²) in [4.78, 5) is 0. The summed E-state index contributed by atoms with van der Waals surface area (Å²) in [5, 5.41) is -95.0. The molecule has 0 spiro atoms. The number of nitrogens with one attached hydrogen (secondary N) is 6. The van der Waals surface area contributed by atoms with Crippen LogP contribution in [0.15, 0.2) is 0 Å². The predicted molar refractivity (Wildman–Crippen MR) is 237 cm³/mol. The van der Waals surface area contributed by atoms with Crippen molar-refractivity contribution >= 4 is 120 Å². The molecule has 0 fully saturated rings. The van der Waals surface area contributed by atoms with Crippen molar-refractivity contribution in [3.63, 3.8) is 0 Å². The molecule has 0 aliphatic rings. The van der Waals surface area contributed by atoms with Crippen LogP contribution in [0.25, 0.3) is 0 Å². The van der Waals surface area contributed by atoms with Gasteiger partial charge in [-0.05, 0) is 0 Å². The van der Waals surface area contributed by atoms with Crippen LogP contribution < -0.4 is 24.8 Å². The minimum absolute atomic E-state index is 1.70. The first-order chi connectivity index (χ1) is 46.0. The third kappa shape index (κ3) is 14.6. The highest BCUT2D eigenvalue weighted by atomic mass is 32.3. The maximum Gasteiger partial charge on any atom is 0.512 e. The van der Waals surface area contributed by atoms with Gasteiger partial charge in [0.05, 0.1) is 0 Å². The molecule has 0 radical (unpaired) electrons. The summed E-state index contributed by atoms with van der Waals surface area (Å²) in [5.41, 5.74) is -14.9. The van der Waals surface area contributed by atoms with Gasteiger partial charge in [-0.25, -0.2) is 101 Å². The number of rotatable bonds is 37. The van der Waals surface area contributed by atoms with Crippen LogP contribution in [0.4, 0.5) is 202 Å². The van der Waals surface area contributed by atoms with Gasteiger partial charge < -0.3 is 0 Å². The maximum absolute atomic E-state index is 14.7. The average molecular weight is 2000 g/mol. The Morgan fingerprint density at radius 3 is 0.218 bits per heavy atom. The van der Waals surface area contributed by atoms with Crippen molar-refractivity contribution in [2.75, 3.05) is 0 Å². The molecule has 30 nitrogen and oxygen atoms in total. The second kappa shape index (κ2) is 26.7. The molecule has 0 heterocycles. The van der Waals surface area contributed by atoms with Crippen LogP contribution in [0.2, 0.25) is 0 Å². The van der Waals surface area contributed by atoms with Gasteiger partial charge in [-0.3, -0.25) is 0 Å². The lowest BCUT2D eigenvalue weighted by molar-refractivity contribution is -0.327. The fourth-order valence-electron chi connectivity index (χ4n) is 5.00. The smallest absolute Gasteiger partial charge is 0.205 e. The van der Waals surface area contributed by atoms with Crippen molar-refractivity contribution in [2.24, 2.45) is 0 Å². The average Bonchev–Trinajstić information content (AvgIpc) is 0.702. The van der Waals surface area contributed by atoms with Crippen LogP contribution in [0.3, 0.4) is 0 Å². The molecule has 0 amide bonds. The van der Waals surface area contributed by atoms with Crippen LogP contribution in [0, 0.1) is 0 Å². The molecule has 88 heteroatoms. The van der Waals surface area contributed by atoms with E-state index >= 15 is 0 Å². The van der Waals surface area contributed by atoms with E-state index in [1.807, 2.05) is 0 Å². The fourth-order valence-corrected chi connectivity index (χ4v) is 21.5. The molecule has 0 rings (SSSR count). The summed E-state index contributed by atoms with van der Waals surface area (Å²) in [6.07, 6.45) is 0. The van der Waals surface area contributed by atoms with Crippen molar-refractivity contribution in [1.29, 1.82) is 0 Å². The van der Waals surface area contributed by atoms with E-state index in [0.29, 0.717) is 0 Å². The number of hydrogen-bond acceptors (Lipinski definition) is 24. The Morgan fingerprint density at radius 1 is 0.109 bits per heavy atom. The molecule has 0 aromatic heterocycles. The van der Waals surface area contributed by atoms with Gasteiger partial charge >= 0.3 is 143 Å². The van der Waals surface area contributed by atoms with Gasteiger partial charge in [0, 0.05) is 0 Å². The van der Waals surface area contributed by atoms with Crippen LogP contribution in [-0.4, -0.2) is 224 Å². The highest BCUT2D eigenvalue weighted by molar-refractivity contribution is 8.08. The zero-order chi connectivity index (χ0) is 91.2. The molecule has 0 saturated carbocycles. The number of alkyl halides is 46. The Labute approximate surface area is 568 Å². The molecular weight excluding hydrogens is 1990 g/mol. The lowest BCUT2D eigenvalue weighted by Gasteiger charge is -2.38. The Kier molecular flexibility index (Phi) is 25.7. The van der Waals surface area contributed by atoms with E-state index in [1.54, 1.807) is 0 Å². The van der Waals surface area contributed by atoms with Crippen molar-refractivity contribution < 1.29 is 303 Å². The molecule has 662 valence electrons. The number of hydrogen-bond donors (Lipinski definition) is 6. The highest BCUT2D eigenvalue weighted by Gasteiger charge is 2.95. The van der Waals surface area contributed by atoms with E-state index in [4.69, 9.17) is 0 Å². The molecule has 0 aromatic carbocycles. The zero-order valence-corrected chi connectivity index (χ0v) is 55.9. The molecule has 0 bridgehead atoms. The van der Waals surface area contributed by atoms with Gasteiger partial charge in [-0.2, -0.15) is 202 Å². The number of sulfonamides is 12. The van der Waals surface area contributed by atoms with Crippen molar-refractivity contribution in [3.8, 4) is 0 Å². The molecular formula is C22H6F46N6O24S12. The molecule has 0 atom stereocenters. The first-order valence-electron chi connectivity index (χ1n) is 21.3. The molecule has 0 aliphatic heterocycles. The van der Waals surface area contributed by atoms with Crippen LogP contribution in [-0.2, 0) is 120 Å². The van der Waals surface area contributed by atoms with E-state index in [9.17, 15) is 303 Å². The van der Waals surface area contributed by atoms with E-state index in [2.05, 4.69) is 0 Å². The van der Waals surface area contributed by atoms with Crippen LogP contribution in [0.1, 0.15) is 0 Å². The van der Waals surface area contributed by atoms with Crippen LogP contribution >= 0.6 is 0 Å². The van der Waals surface area contributed by atoms with E-state index in [0.717, 1.165) is 0 Å². The Hall–Kier alpha value is -4.06. The summed E-state index contributed by atoms with van der Waals surface area (Å²) in [5.74, 6) is -98.2. The second-order valence-electron chi connectivity index (χ2n) is 18.3. The molecule has 110 heavy (non-hydrogen) atoms. The largest absolute Gasteiger partial charge is 0.512 e. The van der Waals surface area contributed by atoms with Gasteiger partial charge in [0.2, 0.25) is 0 Å². The van der Waals surface area contributed by atoms with Crippen LogP contribution in [0.5, 0.6) is 0 Å². The van der Waals surface area contributed by atoms with E-state index in [-0.39, 0.29) is 0 Å². The lowest BCUT2D eigenvalue weighted by Crippen LogP contribution is -2.72. The molecule has 6 N–H and O–H groups in total. The first kappa shape index (κ1) is 106. The molecule has 0 aromatic rings. The van der Waals surface area contributed by atoms with Gasteiger partial charge in [-0.15, -0.1) is 0 Å². The van der Waals surface area contributed by atoms with Crippen molar-refractivity contribution in [1.82, 2.24) is 24.8 Å². The summed E-state index contributed by atoms with van der Waals surface area (Å²) in [6.45, 7) is 0. The summed E-state index contributed by atoms with van der Waals surface area (Å²) in [6, 6.07) is 0. The molecule has 0 saturated heterocycles. The van der Waals surface area contributed by atoms with Gasteiger partial charge in [0.15, 0.2) is 0 Å². The van der Waals surface area contributed by atoms with E-state index in [1.165, 1.54) is 0 Å². The summed E-state index contributed by atoms with van der Waals surface area (Å²) >= 11 is 0. The first-order valence-corrected chi connectivity index (χ1v) is 39.1. The predicted octanol–water partition coefficient (Wildman–Crippen LogP) is 3.80. The molecule has 0 unspecified atom stereocenters. The Morgan fingerprint density at radius 2 is 0.164 bits per heavy atom. The Bertz CT molecular complexity index is 4780. The monoisotopic (exact) mass is 2000 g/mol. The zero-order valence-electron chi connectivity index (χ0n) is 46.1. The summed E-state index contributed by atoms with van der Waals surface area (Å²) in [7, 11) is -117. The quantitative estimate of drug-likeness (QED) is 0.0482. The summed E-state index contributed by atoms with van der Waals surface area (Å²) < 4.78 is 914. The van der Waals surface area contributed by atoms with Gasteiger partial charge in [-0.1, -0.05) is 24.8 Å². The minimum Gasteiger partial charge on any atom is -0.205 e. The highest BCUT2D eigenvalue weighted by Crippen LogP contribution is 2.63. The van der Waals surface area contributed by atoms with Crippen molar-refractivity contribution in [3.05, 3.63) is 0 Å². The van der Waals surface area contributed by atoms with E-state index < -0.39 is 268 Å². The van der Waals surface area contributed by atoms with Crippen molar-refractivity contribution in [2.45, 2.75) is 123 Å². The fraction of sp³-hybridized carbons (Fsp3) is 1.00. The van der Waals surface area contributed by atoms with Gasteiger partial charge in [0.25, 0.3) is 100 Å². The van der Waals surface area contributed by atoms with Gasteiger partial charge in [0.1, 0.15) is 0 Å². The minimum atomic E-state index is -10.4. The normalized spacial score (nSPS) is 17.2. The SMILES string of the molecule is O=S(=O)(NS(=O)(=O)C(F)(F)C(F)(F)C(F)(F)C(F)(F)S(=O)(=O)NS(=O)(=O)C(F)(F)C(F)(F)C(F)(F)C(F)(F)S(=O)(=O)NS(=O)(=O)C(F)(F)C(F)(F)C(F)(F)C(F)(F)S(=O)(=O)NS(=O)(=O)C(F)(F)C(F)(F)C(F)(F)C(F)(F)S(=O)(=O)NS(=O)(=O)C(F)(F)C(F)(F)C(F)(F)C(F)(F)S(=O)(=O)NS(=O)(=O)C(F)(F)F)C(F)(F)F. The topological polar surface area (TPSA) is 482 Å². The second-order valence-corrected chi connectivity index (χ2v) is 40.5. The number of halogens is 46. The standard InChI is InChI=1S/C22H6F46N6O24S12/c23-1(24,11(43,44)99(75,76)69-101(79,80)13(47,48)3(27,28)5(31,32)15(51,52)103(83,84)71-105(87,88)17(55,56)7(35,36)9(39,40)19(59,60)107(91,92)73-109(95,96)21(63,64)65)2(25,26)12(45,46)100(77,78)70-102(81,82)14(49,50)4(29,30)6(33,34)16(53,54)104(85,86)72-106(89,90)18(57,58)8(37,38)10(41,42)20(61,62)108(93,94)74-110(97,98)22(66,67)68/h69-74H. The third-order valence-corrected chi connectivity index (χ3v) is 32.0. The molecule has 0 aliphatic carbocycles.